The Hall–Kier alpha value is -2.14. The highest BCUT2D eigenvalue weighted by Crippen LogP contribution is 2.29. The predicted molar refractivity (Wildman–Crippen MR) is 81.4 cm³/mol. The van der Waals surface area contributed by atoms with Crippen LogP contribution in [0.5, 0.6) is 5.75 Å². The van der Waals surface area contributed by atoms with Gasteiger partial charge in [-0.1, -0.05) is 12.1 Å². The first-order valence-electron chi connectivity index (χ1n) is 7.10. The molecule has 1 aliphatic carbocycles. The van der Waals surface area contributed by atoms with Crippen LogP contribution in [0.4, 0.5) is 5.82 Å². The van der Waals surface area contributed by atoms with E-state index in [0.29, 0.717) is 18.5 Å². The van der Waals surface area contributed by atoms with Gasteiger partial charge in [-0.05, 0) is 25.0 Å². The van der Waals surface area contributed by atoms with Crippen molar-refractivity contribution in [2.75, 3.05) is 19.5 Å². The van der Waals surface area contributed by atoms with E-state index in [1.807, 2.05) is 37.4 Å². The fourth-order valence-corrected chi connectivity index (χ4v) is 2.07. The number of methoxy groups -OCH3 is 1. The van der Waals surface area contributed by atoms with Gasteiger partial charge in [0.25, 0.3) is 0 Å². The Morgan fingerprint density at radius 2 is 2.10 bits per heavy atom. The average molecular weight is 285 g/mol. The van der Waals surface area contributed by atoms with Crippen LogP contribution in [0.25, 0.3) is 11.3 Å². The minimum absolute atomic E-state index is 0.390. The van der Waals surface area contributed by atoms with Crippen molar-refractivity contribution in [3.63, 3.8) is 0 Å². The Labute approximate surface area is 124 Å². The van der Waals surface area contributed by atoms with Crippen molar-refractivity contribution in [2.24, 2.45) is 0 Å². The highest BCUT2D eigenvalue weighted by molar-refractivity contribution is 5.64. The molecule has 0 aliphatic heterocycles. The van der Waals surface area contributed by atoms with Crippen LogP contribution in [-0.2, 0) is 11.3 Å². The number of hydrogen-bond acceptors (Lipinski definition) is 5. The standard InChI is InChI=1S/C16H19N3O2/c1-17-15-9-14(18-16(19-15)10-20-2)11-4-3-5-13(8-11)21-12-6-7-12/h3-5,8-9,12H,6-7,10H2,1-2H3,(H,17,18,19). The zero-order valence-corrected chi connectivity index (χ0v) is 12.3. The molecule has 1 aliphatic rings. The van der Waals surface area contributed by atoms with Crippen LogP contribution >= 0.6 is 0 Å². The van der Waals surface area contributed by atoms with Crippen LogP contribution in [-0.4, -0.2) is 30.2 Å². The minimum Gasteiger partial charge on any atom is -0.490 e. The highest BCUT2D eigenvalue weighted by atomic mass is 16.5. The first kappa shape index (κ1) is 13.8. The van der Waals surface area contributed by atoms with E-state index >= 15 is 0 Å². The van der Waals surface area contributed by atoms with Gasteiger partial charge >= 0.3 is 0 Å². The number of aromatic nitrogens is 2. The summed E-state index contributed by atoms with van der Waals surface area (Å²) in [5.41, 5.74) is 1.88. The molecule has 0 amide bonds. The number of nitrogens with one attached hydrogen (secondary N) is 1. The number of nitrogens with zero attached hydrogens (tertiary/aromatic N) is 2. The largest absolute Gasteiger partial charge is 0.490 e. The van der Waals surface area contributed by atoms with E-state index in [9.17, 15) is 0 Å². The van der Waals surface area contributed by atoms with Gasteiger partial charge in [0.1, 0.15) is 18.2 Å². The van der Waals surface area contributed by atoms with E-state index in [0.717, 1.165) is 35.7 Å². The third kappa shape index (κ3) is 3.49. The lowest BCUT2D eigenvalue weighted by Gasteiger charge is -2.09. The molecule has 110 valence electrons. The van der Waals surface area contributed by atoms with Crippen molar-refractivity contribution in [3.8, 4) is 17.0 Å². The zero-order chi connectivity index (χ0) is 14.7. The molecule has 0 bridgehead atoms. The van der Waals surface area contributed by atoms with E-state index < -0.39 is 0 Å². The summed E-state index contributed by atoms with van der Waals surface area (Å²) < 4.78 is 11.0. The summed E-state index contributed by atoms with van der Waals surface area (Å²) in [7, 11) is 3.48. The molecule has 0 saturated heterocycles. The summed E-state index contributed by atoms with van der Waals surface area (Å²) >= 11 is 0. The molecule has 1 fully saturated rings. The van der Waals surface area contributed by atoms with Crippen molar-refractivity contribution < 1.29 is 9.47 Å². The van der Waals surface area contributed by atoms with Crippen molar-refractivity contribution in [3.05, 3.63) is 36.2 Å². The van der Waals surface area contributed by atoms with Gasteiger partial charge in [-0.2, -0.15) is 0 Å². The number of benzene rings is 1. The summed E-state index contributed by atoms with van der Waals surface area (Å²) in [6.45, 7) is 0.390. The van der Waals surface area contributed by atoms with Gasteiger partial charge < -0.3 is 14.8 Å². The molecular formula is C16H19N3O2. The molecule has 0 radical (unpaired) electrons. The Kier molecular flexibility index (Phi) is 4.01. The van der Waals surface area contributed by atoms with Crippen molar-refractivity contribution in [1.29, 1.82) is 0 Å². The molecule has 5 heteroatoms. The maximum absolute atomic E-state index is 5.84. The topological polar surface area (TPSA) is 56.3 Å². The van der Waals surface area contributed by atoms with E-state index in [1.54, 1.807) is 7.11 Å². The monoisotopic (exact) mass is 285 g/mol. The van der Waals surface area contributed by atoms with Gasteiger partial charge in [0.2, 0.25) is 0 Å². The third-order valence-corrected chi connectivity index (χ3v) is 3.26. The zero-order valence-electron chi connectivity index (χ0n) is 12.3. The smallest absolute Gasteiger partial charge is 0.157 e. The van der Waals surface area contributed by atoms with Crippen LogP contribution in [0.1, 0.15) is 18.7 Å². The molecule has 1 heterocycles. The predicted octanol–water partition coefficient (Wildman–Crippen LogP) is 2.87. The fourth-order valence-electron chi connectivity index (χ4n) is 2.07. The van der Waals surface area contributed by atoms with Crippen molar-refractivity contribution in [1.82, 2.24) is 9.97 Å². The lowest BCUT2D eigenvalue weighted by molar-refractivity contribution is 0.178. The van der Waals surface area contributed by atoms with Gasteiger partial charge in [0.15, 0.2) is 5.82 Å². The first-order valence-corrected chi connectivity index (χ1v) is 7.10. The maximum Gasteiger partial charge on any atom is 0.157 e. The Morgan fingerprint density at radius 3 is 2.81 bits per heavy atom. The second kappa shape index (κ2) is 6.10. The molecule has 1 aromatic carbocycles. The van der Waals surface area contributed by atoms with E-state index in [4.69, 9.17) is 9.47 Å². The van der Waals surface area contributed by atoms with Gasteiger partial charge in [0, 0.05) is 25.8 Å². The SMILES string of the molecule is CNc1cc(-c2cccc(OC3CC3)c2)nc(COC)n1. The molecule has 1 saturated carbocycles. The van der Waals surface area contributed by atoms with Crippen molar-refractivity contribution >= 4 is 5.82 Å². The van der Waals surface area contributed by atoms with Gasteiger partial charge in [-0.3, -0.25) is 0 Å². The fraction of sp³-hybridized carbons (Fsp3) is 0.375. The summed E-state index contributed by atoms with van der Waals surface area (Å²) in [4.78, 5) is 8.92. The van der Waals surface area contributed by atoms with Crippen LogP contribution in [0.3, 0.4) is 0 Å². The first-order chi connectivity index (χ1) is 10.3. The molecule has 3 rings (SSSR count). The van der Waals surface area contributed by atoms with Gasteiger partial charge in [-0.15, -0.1) is 0 Å². The third-order valence-electron chi connectivity index (χ3n) is 3.26. The quantitative estimate of drug-likeness (QED) is 0.884. The number of rotatable bonds is 6. The van der Waals surface area contributed by atoms with Crippen LogP contribution < -0.4 is 10.1 Å². The molecule has 1 N–H and O–H groups in total. The summed E-state index contributed by atoms with van der Waals surface area (Å²) in [6.07, 6.45) is 2.70. The summed E-state index contributed by atoms with van der Waals surface area (Å²) in [6, 6.07) is 9.95. The molecule has 1 aromatic heterocycles. The van der Waals surface area contributed by atoms with Crippen LogP contribution in [0.15, 0.2) is 30.3 Å². The van der Waals surface area contributed by atoms with Crippen LogP contribution in [0, 0.1) is 0 Å². The average Bonchev–Trinajstić information content (AvgIpc) is 3.31. The maximum atomic E-state index is 5.84. The minimum atomic E-state index is 0.390. The molecular weight excluding hydrogens is 266 g/mol. The van der Waals surface area contributed by atoms with E-state index in [-0.39, 0.29) is 0 Å². The van der Waals surface area contributed by atoms with E-state index in [1.165, 1.54) is 0 Å². The lowest BCUT2D eigenvalue weighted by atomic mass is 10.1. The van der Waals surface area contributed by atoms with Crippen molar-refractivity contribution in [2.45, 2.75) is 25.6 Å². The lowest BCUT2D eigenvalue weighted by Crippen LogP contribution is -2.03. The number of hydrogen-bond donors (Lipinski definition) is 1. The molecule has 0 atom stereocenters. The summed E-state index contributed by atoms with van der Waals surface area (Å²) in [5.74, 6) is 2.33. The second-order valence-electron chi connectivity index (χ2n) is 5.08. The molecule has 21 heavy (non-hydrogen) atoms. The highest BCUT2D eigenvalue weighted by Gasteiger charge is 2.23. The molecule has 2 aromatic rings. The van der Waals surface area contributed by atoms with Crippen LogP contribution in [0.2, 0.25) is 0 Å². The second-order valence-corrected chi connectivity index (χ2v) is 5.08. The molecule has 0 spiro atoms. The normalized spacial score (nSPS) is 14.0. The molecule has 0 unspecified atom stereocenters. The Morgan fingerprint density at radius 1 is 1.24 bits per heavy atom. The Bertz CT molecular complexity index is 627. The Balaban J connectivity index is 1.92. The number of ether oxygens (including phenoxy) is 2. The van der Waals surface area contributed by atoms with E-state index in [2.05, 4.69) is 15.3 Å². The molecule has 5 nitrogen and oxygen atoms in total. The van der Waals surface area contributed by atoms with Gasteiger partial charge in [0.05, 0.1) is 11.8 Å². The summed E-state index contributed by atoms with van der Waals surface area (Å²) in [5, 5.41) is 3.05. The van der Waals surface area contributed by atoms with Gasteiger partial charge in [-0.25, -0.2) is 9.97 Å². The number of anilines is 1.